The zero-order valence-corrected chi connectivity index (χ0v) is 11.1. The molecule has 0 bridgehead atoms. The molecular formula is C17H13N3. The van der Waals surface area contributed by atoms with E-state index in [2.05, 4.69) is 46.1 Å². The summed E-state index contributed by atoms with van der Waals surface area (Å²) >= 11 is 0. The van der Waals surface area contributed by atoms with Gasteiger partial charge < -0.3 is 4.98 Å². The van der Waals surface area contributed by atoms with E-state index in [0.717, 1.165) is 27.8 Å². The van der Waals surface area contributed by atoms with Crippen LogP contribution in [-0.4, -0.2) is 15.0 Å². The van der Waals surface area contributed by atoms with E-state index >= 15 is 0 Å². The Bertz CT molecular complexity index is 916. The second-order valence-electron chi connectivity index (χ2n) is 4.91. The number of hydrogen-bond acceptors (Lipinski definition) is 2. The Morgan fingerprint density at radius 3 is 2.50 bits per heavy atom. The number of hydrogen-bond donors (Lipinski definition) is 1. The number of nitrogens with one attached hydrogen (secondary N) is 1. The molecule has 0 fully saturated rings. The second-order valence-corrected chi connectivity index (χ2v) is 4.91. The summed E-state index contributed by atoms with van der Waals surface area (Å²) in [6.07, 6.45) is 1.64. The Morgan fingerprint density at radius 2 is 1.60 bits per heavy atom. The van der Waals surface area contributed by atoms with Crippen LogP contribution in [0.25, 0.3) is 33.1 Å². The summed E-state index contributed by atoms with van der Waals surface area (Å²) in [5, 5.41) is 2.29. The van der Waals surface area contributed by atoms with Crippen molar-refractivity contribution in [3.63, 3.8) is 0 Å². The summed E-state index contributed by atoms with van der Waals surface area (Å²) in [5.74, 6) is 0. The summed E-state index contributed by atoms with van der Waals surface area (Å²) in [6.45, 7) is 2.09. The van der Waals surface area contributed by atoms with E-state index < -0.39 is 0 Å². The van der Waals surface area contributed by atoms with Crippen LogP contribution in [-0.2, 0) is 0 Å². The van der Waals surface area contributed by atoms with E-state index in [-0.39, 0.29) is 0 Å². The highest BCUT2D eigenvalue weighted by molar-refractivity contribution is 6.03. The molecule has 0 radical (unpaired) electrons. The molecule has 0 aliphatic heterocycles. The summed E-state index contributed by atoms with van der Waals surface area (Å²) in [7, 11) is 0. The number of H-pyrrole nitrogens is 1. The van der Waals surface area contributed by atoms with Crippen molar-refractivity contribution in [3.05, 3.63) is 60.6 Å². The van der Waals surface area contributed by atoms with Crippen LogP contribution in [0.3, 0.4) is 0 Å². The predicted octanol–water partition coefficient (Wildman–Crippen LogP) is 4.09. The third kappa shape index (κ3) is 1.53. The fourth-order valence-corrected chi connectivity index (χ4v) is 2.79. The molecule has 2 aromatic heterocycles. The zero-order valence-electron chi connectivity index (χ0n) is 11.1. The van der Waals surface area contributed by atoms with Crippen LogP contribution in [0, 0.1) is 6.92 Å². The maximum Gasteiger partial charge on any atom is 0.116 e. The van der Waals surface area contributed by atoms with Gasteiger partial charge in [0.05, 0.1) is 11.2 Å². The van der Waals surface area contributed by atoms with E-state index in [0.29, 0.717) is 0 Å². The Balaban J connectivity index is 2.14. The first-order chi connectivity index (χ1) is 9.84. The van der Waals surface area contributed by atoms with Crippen LogP contribution < -0.4 is 0 Å². The van der Waals surface area contributed by atoms with Crippen molar-refractivity contribution in [2.75, 3.05) is 0 Å². The first-order valence-corrected chi connectivity index (χ1v) is 6.62. The minimum atomic E-state index is 0.974. The lowest BCUT2D eigenvalue weighted by atomic mass is 10.0. The fraction of sp³-hybridized carbons (Fsp3) is 0.0588. The van der Waals surface area contributed by atoms with Crippen LogP contribution in [0.2, 0.25) is 0 Å². The third-order valence-corrected chi connectivity index (χ3v) is 3.67. The summed E-state index contributed by atoms with van der Waals surface area (Å²) in [6, 6.07) is 16.4. The molecule has 0 saturated carbocycles. The molecule has 0 aliphatic carbocycles. The van der Waals surface area contributed by atoms with Crippen molar-refractivity contribution in [1.82, 2.24) is 15.0 Å². The van der Waals surface area contributed by atoms with E-state index in [1.54, 1.807) is 6.33 Å². The minimum absolute atomic E-state index is 0.974. The molecular weight excluding hydrogens is 246 g/mol. The minimum Gasteiger partial charge on any atom is -0.358 e. The lowest BCUT2D eigenvalue weighted by molar-refractivity contribution is 1.21. The van der Waals surface area contributed by atoms with Gasteiger partial charge >= 0.3 is 0 Å². The van der Waals surface area contributed by atoms with Gasteiger partial charge in [-0.2, -0.15) is 0 Å². The van der Waals surface area contributed by atoms with Gasteiger partial charge in [-0.15, -0.1) is 0 Å². The van der Waals surface area contributed by atoms with Crippen LogP contribution >= 0.6 is 0 Å². The number of aromatic amines is 1. The Labute approximate surface area is 116 Å². The number of aryl methyl sites for hydroxylation is 1. The summed E-state index contributed by atoms with van der Waals surface area (Å²) < 4.78 is 0. The number of para-hydroxylation sites is 2. The molecule has 0 spiro atoms. The average molecular weight is 259 g/mol. The van der Waals surface area contributed by atoms with Crippen molar-refractivity contribution in [2.45, 2.75) is 6.92 Å². The highest BCUT2D eigenvalue weighted by Gasteiger charge is 2.14. The third-order valence-electron chi connectivity index (χ3n) is 3.67. The van der Waals surface area contributed by atoms with Crippen LogP contribution in [0.15, 0.2) is 54.9 Å². The molecule has 0 atom stereocenters. The van der Waals surface area contributed by atoms with Crippen LogP contribution in [0.4, 0.5) is 0 Å². The first kappa shape index (κ1) is 11.2. The standard InChI is InChI=1S/C17H13N3/c1-11-16(12-6-2-5-9-15(12)20-11)17-13-7-3-4-8-14(13)18-10-19-17/h2-10,20H,1H3. The van der Waals surface area contributed by atoms with Crippen molar-refractivity contribution in [1.29, 1.82) is 0 Å². The predicted molar refractivity (Wildman–Crippen MR) is 81.6 cm³/mol. The smallest absolute Gasteiger partial charge is 0.116 e. The SMILES string of the molecule is Cc1[nH]c2ccccc2c1-c1ncnc2ccccc12. The van der Waals surface area contributed by atoms with E-state index in [4.69, 9.17) is 0 Å². The summed E-state index contributed by atoms with van der Waals surface area (Å²) in [5.41, 5.74) is 5.41. The number of benzene rings is 2. The molecule has 4 aromatic rings. The topological polar surface area (TPSA) is 41.6 Å². The highest BCUT2D eigenvalue weighted by atomic mass is 14.8. The van der Waals surface area contributed by atoms with Gasteiger partial charge in [0.25, 0.3) is 0 Å². The van der Waals surface area contributed by atoms with Crippen molar-refractivity contribution < 1.29 is 0 Å². The van der Waals surface area contributed by atoms with E-state index in [1.807, 2.05) is 24.3 Å². The Hall–Kier alpha value is -2.68. The van der Waals surface area contributed by atoms with Gasteiger partial charge in [0.15, 0.2) is 0 Å². The monoisotopic (exact) mass is 259 g/mol. The van der Waals surface area contributed by atoms with Gasteiger partial charge in [-0.1, -0.05) is 36.4 Å². The average Bonchev–Trinajstić information content (AvgIpc) is 2.82. The second kappa shape index (κ2) is 4.17. The summed E-state index contributed by atoms with van der Waals surface area (Å²) in [4.78, 5) is 12.3. The molecule has 20 heavy (non-hydrogen) atoms. The molecule has 0 aliphatic rings. The quantitative estimate of drug-likeness (QED) is 0.559. The molecule has 2 heterocycles. The van der Waals surface area contributed by atoms with Gasteiger partial charge in [-0.25, -0.2) is 9.97 Å². The van der Waals surface area contributed by atoms with Crippen LogP contribution in [0.5, 0.6) is 0 Å². The number of rotatable bonds is 1. The number of aromatic nitrogens is 3. The van der Waals surface area contributed by atoms with E-state index in [1.165, 1.54) is 10.9 Å². The first-order valence-electron chi connectivity index (χ1n) is 6.62. The van der Waals surface area contributed by atoms with Gasteiger partial charge in [0, 0.05) is 27.5 Å². The van der Waals surface area contributed by atoms with Gasteiger partial charge in [0.1, 0.15) is 6.33 Å². The molecule has 3 heteroatoms. The van der Waals surface area contributed by atoms with Gasteiger partial charge in [-0.3, -0.25) is 0 Å². The molecule has 3 nitrogen and oxygen atoms in total. The maximum atomic E-state index is 4.53. The largest absolute Gasteiger partial charge is 0.358 e. The van der Waals surface area contributed by atoms with Crippen molar-refractivity contribution in [3.8, 4) is 11.3 Å². The van der Waals surface area contributed by atoms with Crippen LogP contribution in [0.1, 0.15) is 5.69 Å². The van der Waals surface area contributed by atoms with Gasteiger partial charge in [-0.05, 0) is 19.1 Å². The lowest BCUT2D eigenvalue weighted by Gasteiger charge is -2.05. The Morgan fingerprint density at radius 1 is 0.850 bits per heavy atom. The van der Waals surface area contributed by atoms with Crippen molar-refractivity contribution in [2.24, 2.45) is 0 Å². The molecule has 2 aromatic carbocycles. The zero-order chi connectivity index (χ0) is 13.5. The molecule has 0 amide bonds. The van der Waals surface area contributed by atoms with E-state index in [9.17, 15) is 0 Å². The highest BCUT2D eigenvalue weighted by Crippen LogP contribution is 2.34. The van der Waals surface area contributed by atoms with Gasteiger partial charge in [0.2, 0.25) is 0 Å². The molecule has 1 N–H and O–H groups in total. The molecule has 96 valence electrons. The molecule has 0 saturated heterocycles. The Kier molecular flexibility index (Phi) is 2.33. The number of nitrogens with zero attached hydrogens (tertiary/aromatic N) is 2. The number of fused-ring (bicyclic) bond motifs is 2. The fourth-order valence-electron chi connectivity index (χ4n) is 2.79. The lowest BCUT2D eigenvalue weighted by Crippen LogP contribution is -1.89. The molecule has 4 rings (SSSR count). The molecule has 0 unspecified atom stereocenters. The maximum absolute atomic E-state index is 4.53. The van der Waals surface area contributed by atoms with Crippen molar-refractivity contribution >= 4 is 21.8 Å². The normalized spacial score (nSPS) is 11.2.